The molecule has 0 amide bonds. The Morgan fingerprint density at radius 3 is 2.32 bits per heavy atom. The highest BCUT2D eigenvalue weighted by atomic mass is 35.5. The Labute approximate surface area is 232 Å². The summed E-state index contributed by atoms with van der Waals surface area (Å²) in [4.78, 5) is 4.42. The van der Waals surface area contributed by atoms with Crippen molar-refractivity contribution in [3.63, 3.8) is 0 Å². The maximum Gasteiger partial charge on any atom is 0.126 e. The van der Waals surface area contributed by atoms with Gasteiger partial charge in [-0.25, -0.2) is 13.8 Å². The van der Waals surface area contributed by atoms with E-state index in [0.717, 1.165) is 23.0 Å². The molecule has 1 aromatic carbocycles. The maximum absolute atomic E-state index is 13.3. The van der Waals surface area contributed by atoms with E-state index in [4.69, 9.17) is 11.6 Å². The van der Waals surface area contributed by atoms with Crippen molar-refractivity contribution in [1.82, 2.24) is 15.6 Å². The van der Waals surface area contributed by atoms with Crippen molar-refractivity contribution >= 4 is 23.0 Å². The second kappa shape index (κ2) is 17.7. The molecule has 0 bridgehead atoms. The minimum Gasteiger partial charge on any atom is -0.381 e. The van der Waals surface area contributed by atoms with E-state index < -0.39 is 11.6 Å². The SMILES string of the molecule is C1CCNC1.C=C(/C=C\C=C(/C)c1cc(NC2CCCCC2)ncc1Cl)NCc1cc(F)cc(F)c1.CC. The van der Waals surface area contributed by atoms with E-state index in [-0.39, 0.29) is 6.54 Å². The summed E-state index contributed by atoms with van der Waals surface area (Å²) in [6.07, 6.45) is 16.2. The van der Waals surface area contributed by atoms with Gasteiger partial charge in [0, 0.05) is 36.1 Å². The van der Waals surface area contributed by atoms with Crippen molar-refractivity contribution in [2.45, 2.75) is 78.3 Å². The molecule has 1 saturated carbocycles. The van der Waals surface area contributed by atoms with Crippen LogP contribution in [0, 0.1) is 11.6 Å². The Morgan fingerprint density at radius 2 is 1.71 bits per heavy atom. The van der Waals surface area contributed by atoms with Crippen LogP contribution in [0.25, 0.3) is 5.57 Å². The molecule has 4 nitrogen and oxygen atoms in total. The Morgan fingerprint density at radius 1 is 1.05 bits per heavy atom. The normalized spacial score (nSPS) is 15.8. The first-order chi connectivity index (χ1) is 18.4. The Balaban J connectivity index is 0.000000636. The van der Waals surface area contributed by atoms with Crippen LogP contribution in [0.15, 0.2) is 61.0 Å². The van der Waals surface area contributed by atoms with Crippen LogP contribution in [-0.2, 0) is 6.54 Å². The highest BCUT2D eigenvalue weighted by Crippen LogP contribution is 2.27. The molecule has 0 atom stereocenters. The number of pyridine rings is 1. The van der Waals surface area contributed by atoms with Crippen molar-refractivity contribution in [2.75, 3.05) is 18.4 Å². The summed E-state index contributed by atoms with van der Waals surface area (Å²) in [6, 6.07) is 5.90. The monoisotopic (exact) mass is 544 g/mol. The molecule has 1 aromatic heterocycles. The molecular formula is C31H43ClF2N4. The molecule has 208 valence electrons. The largest absolute Gasteiger partial charge is 0.381 e. The zero-order valence-corrected chi connectivity index (χ0v) is 23.8. The van der Waals surface area contributed by atoms with E-state index in [0.29, 0.717) is 22.3 Å². The van der Waals surface area contributed by atoms with E-state index in [1.165, 1.54) is 70.2 Å². The molecule has 1 aliphatic carbocycles. The van der Waals surface area contributed by atoms with Crippen LogP contribution in [0.2, 0.25) is 5.02 Å². The van der Waals surface area contributed by atoms with Gasteiger partial charge in [0.25, 0.3) is 0 Å². The molecule has 2 heterocycles. The first-order valence-corrected chi connectivity index (χ1v) is 14.1. The summed E-state index contributed by atoms with van der Waals surface area (Å²) in [5.41, 5.74) is 3.07. The molecular weight excluding hydrogens is 502 g/mol. The first kappa shape index (κ1) is 31.5. The smallest absolute Gasteiger partial charge is 0.126 e. The van der Waals surface area contributed by atoms with E-state index >= 15 is 0 Å². The van der Waals surface area contributed by atoms with Gasteiger partial charge in [0.1, 0.15) is 17.5 Å². The molecule has 1 aliphatic heterocycles. The van der Waals surface area contributed by atoms with Gasteiger partial charge in [0.15, 0.2) is 0 Å². The predicted molar refractivity (Wildman–Crippen MR) is 158 cm³/mol. The molecule has 3 N–H and O–H groups in total. The van der Waals surface area contributed by atoms with E-state index in [1.54, 1.807) is 12.3 Å². The molecule has 38 heavy (non-hydrogen) atoms. The number of allylic oxidation sites excluding steroid dienone is 4. The Kier molecular flexibility index (Phi) is 14.7. The lowest BCUT2D eigenvalue weighted by molar-refractivity contribution is 0.462. The van der Waals surface area contributed by atoms with Gasteiger partial charge < -0.3 is 16.0 Å². The topological polar surface area (TPSA) is 49.0 Å². The third-order valence-electron chi connectivity index (χ3n) is 6.28. The molecule has 7 heteroatoms. The molecule has 4 rings (SSSR count). The van der Waals surface area contributed by atoms with Crippen LogP contribution < -0.4 is 16.0 Å². The fraction of sp³-hybridized carbons (Fsp3) is 0.452. The van der Waals surface area contributed by atoms with Crippen LogP contribution in [0.1, 0.15) is 76.8 Å². The van der Waals surface area contributed by atoms with Gasteiger partial charge >= 0.3 is 0 Å². The number of rotatable bonds is 8. The van der Waals surface area contributed by atoms with Crippen molar-refractivity contribution in [3.8, 4) is 0 Å². The van der Waals surface area contributed by atoms with Crippen molar-refractivity contribution in [1.29, 1.82) is 0 Å². The molecule has 0 unspecified atom stereocenters. The van der Waals surface area contributed by atoms with Gasteiger partial charge in [-0.3, -0.25) is 0 Å². The van der Waals surface area contributed by atoms with Crippen molar-refractivity contribution in [2.24, 2.45) is 0 Å². The summed E-state index contributed by atoms with van der Waals surface area (Å²) < 4.78 is 26.5. The Hall–Kier alpha value is -2.70. The number of nitrogens with zero attached hydrogens (tertiary/aromatic N) is 1. The lowest BCUT2D eigenvalue weighted by Crippen LogP contribution is -2.22. The maximum atomic E-state index is 13.3. The number of aromatic nitrogens is 1. The van der Waals surface area contributed by atoms with Gasteiger partial charge in [0.2, 0.25) is 0 Å². The van der Waals surface area contributed by atoms with Crippen molar-refractivity contribution in [3.05, 3.63) is 88.8 Å². The average Bonchev–Trinajstić information content (AvgIpc) is 3.50. The lowest BCUT2D eigenvalue weighted by atomic mass is 9.95. The zero-order chi connectivity index (χ0) is 27.8. The highest BCUT2D eigenvalue weighted by Gasteiger charge is 2.14. The number of anilines is 1. The summed E-state index contributed by atoms with van der Waals surface area (Å²) in [6.45, 7) is 12.7. The summed E-state index contributed by atoms with van der Waals surface area (Å²) in [5, 5.41) is 10.4. The van der Waals surface area contributed by atoms with Crippen LogP contribution in [-0.4, -0.2) is 24.1 Å². The average molecular weight is 545 g/mol. The molecule has 2 aromatic rings. The molecule has 1 saturated heterocycles. The van der Waals surface area contributed by atoms with Crippen molar-refractivity contribution < 1.29 is 8.78 Å². The molecule has 2 aliphatic rings. The number of nitrogens with one attached hydrogen (secondary N) is 3. The summed E-state index contributed by atoms with van der Waals surface area (Å²) in [5.74, 6) is -0.345. The van der Waals surface area contributed by atoms with E-state index in [9.17, 15) is 8.78 Å². The van der Waals surface area contributed by atoms with Crippen LogP contribution >= 0.6 is 11.6 Å². The Bertz CT molecular complexity index is 1030. The van der Waals surface area contributed by atoms with Gasteiger partial charge in [-0.15, -0.1) is 0 Å². The third kappa shape index (κ3) is 11.8. The van der Waals surface area contributed by atoms with Gasteiger partial charge in [-0.05, 0) is 81.1 Å². The van der Waals surface area contributed by atoms with Crippen LogP contribution in [0.5, 0.6) is 0 Å². The number of hydrogen-bond acceptors (Lipinski definition) is 4. The highest BCUT2D eigenvalue weighted by molar-refractivity contribution is 6.32. The molecule has 2 fully saturated rings. The van der Waals surface area contributed by atoms with Gasteiger partial charge in [-0.1, -0.05) is 63.4 Å². The number of benzene rings is 1. The first-order valence-electron chi connectivity index (χ1n) is 13.8. The number of hydrogen-bond donors (Lipinski definition) is 3. The molecule has 0 spiro atoms. The minimum atomic E-state index is -0.594. The van der Waals surface area contributed by atoms with Crippen LogP contribution in [0.3, 0.4) is 0 Å². The quantitative estimate of drug-likeness (QED) is 0.292. The van der Waals surface area contributed by atoms with Gasteiger partial charge in [-0.2, -0.15) is 0 Å². The summed E-state index contributed by atoms with van der Waals surface area (Å²) >= 11 is 6.37. The fourth-order valence-electron chi connectivity index (χ4n) is 4.29. The van der Waals surface area contributed by atoms with Crippen LogP contribution in [0.4, 0.5) is 14.6 Å². The van der Waals surface area contributed by atoms with Gasteiger partial charge in [0.05, 0.1) is 5.02 Å². The standard InChI is InChI=1S/C25H28ClF2N3.C4H9N.C2H6/c1-17(7-6-8-18(2)29-15-19-11-20(27)13-21(28)12-19)23-14-25(30-16-24(23)26)31-22-9-4-3-5-10-22;1-2-4-5-3-1;1-2/h6-8,11-14,16,22,29H,2-5,9-10,15H2,1H3,(H,30,31);5H,1-4H2;1-2H3/b8-6-,17-7+;;. The second-order valence-corrected chi connectivity index (χ2v) is 9.76. The summed E-state index contributed by atoms with van der Waals surface area (Å²) in [7, 11) is 0. The predicted octanol–water partition coefficient (Wildman–Crippen LogP) is 8.42. The zero-order valence-electron chi connectivity index (χ0n) is 23.1. The minimum absolute atomic E-state index is 0.285. The fourth-order valence-corrected chi connectivity index (χ4v) is 4.54. The lowest BCUT2D eigenvalue weighted by Gasteiger charge is -2.23. The van der Waals surface area contributed by atoms with E-state index in [2.05, 4.69) is 27.5 Å². The second-order valence-electron chi connectivity index (χ2n) is 9.35. The number of halogens is 3. The van der Waals surface area contributed by atoms with E-state index in [1.807, 2.05) is 39.0 Å². The third-order valence-corrected chi connectivity index (χ3v) is 6.58. The molecule has 0 radical (unpaired) electrons.